The standard InChI is InChI=1S/C34H36N4O4S/c1-5-41-30-18-14-25(21-31(30)42-6-2)19-20-35-43(39,40)32-22-26(15-13-24(32)4)33-28-9-7-8-10-29(28)34(38-37-33)36-27-16-11-23(3)12-17-27/h7-18,21-22,35H,5-6,19-20H2,1-4H3,(H,36,38). The van der Waals surface area contributed by atoms with Gasteiger partial charge >= 0.3 is 0 Å². The van der Waals surface area contributed by atoms with Gasteiger partial charge in [0.1, 0.15) is 5.69 Å². The van der Waals surface area contributed by atoms with Gasteiger partial charge in [0.15, 0.2) is 17.3 Å². The van der Waals surface area contributed by atoms with Crippen molar-refractivity contribution in [1.82, 2.24) is 14.9 Å². The molecule has 4 aromatic carbocycles. The zero-order valence-corrected chi connectivity index (χ0v) is 25.7. The first-order valence-electron chi connectivity index (χ1n) is 14.4. The summed E-state index contributed by atoms with van der Waals surface area (Å²) in [5, 5.41) is 14.1. The Hall–Kier alpha value is -4.47. The lowest BCUT2D eigenvalue weighted by Crippen LogP contribution is -2.26. The Morgan fingerprint density at radius 1 is 0.767 bits per heavy atom. The molecule has 0 saturated carbocycles. The first-order valence-corrected chi connectivity index (χ1v) is 15.9. The summed E-state index contributed by atoms with van der Waals surface area (Å²) >= 11 is 0. The second-order valence-electron chi connectivity index (χ2n) is 10.2. The van der Waals surface area contributed by atoms with E-state index in [1.54, 1.807) is 19.1 Å². The Kier molecular flexibility index (Phi) is 9.23. The van der Waals surface area contributed by atoms with E-state index in [4.69, 9.17) is 9.47 Å². The number of benzene rings is 4. The van der Waals surface area contributed by atoms with Gasteiger partial charge < -0.3 is 14.8 Å². The Bertz CT molecular complexity index is 1840. The second-order valence-corrected chi connectivity index (χ2v) is 11.9. The van der Waals surface area contributed by atoms with Crippen molar-refractivity contribution in [2.45, 2.75) is 39.0 Å². The maximum atomic E-state index is 13.5. The van der Waals surface area contributed by atoms with Gasteiger partial charge in [0.25, 0.3) is 0 Å². The van der Waals surface area contributed by atoms with Crippen LogP contribution in [0.2, 0.25) is 0 Å². The van der Waals surface area contributed by atoms with Gasteiger partial charge in [-0.2, -0.15) is 0 Å². The van der Waals surface area contributed by atoms with Crippen LogP contribution in [0.5, 0.6) is 11.5 Å². The van der Waals surface area contributed by atoms with Crippen LogP contribution in [0.15, 0.2) is 89.8 Å². The molecule has 222 valence electrons. The van der Waals surface area contributed by atoms with Gasteiger partial charge in [0, 0.05) is 28.6 Å². The molecule has 0 unspecified atom stereocenters. The fourth-order valence-electron chi connectivity index (χ4n) is 4.88. The number of ether oxygens (including phenoxy) is 2. The summed E-state index contributed by atoms with van der Waals surface area (Å²) in [6.45, 7) is 8.94. The molecular weight excluding hydrogens is 560 g/mol. The Morgan fingerprint density at radius 3 is 2.23 bits per heavy atom. The average molecular weight is 597 g/mol. The molecule has 0 aliphatic rings. The number of nitrogens with one attached hydrogen (secondary N) is 2. The van der Waals surface area contributed by atoms with E-state index in [0.29, 0.717) is 53.8 Å². The summed E-state index contributed by atoms with van der Waals surface area (Å²) in [5.74, 6) is 1.96. The first kappa shape index (κ1) is 30.0. The summed E-state index contributed by atoms with van der Waals surface area (Å²) in [5.41, 5.74) is 4.95. The molecule has 0 amide bonds. The van der Waals surface area contributed by atoms with E-state index < -0.39 is 10.0 Å². The van der Waals surface area contributed by atoms with Gasteiger partial charge in [-0.3, -0.25) is 0 Å². The number of hydrogen-bond donors (Lipinski definition) is 2. The molecule has 0 atom stereocenters. The molecule has 0 fully saturated rings. The summed E-state index contributed by atoms with van der Waals surface area (Å²) in [4.78, 5) is 0.208. The normalized spacial score (nSPS) is 11.4. The van der Waals surface area contributed by atoms with Gasteiger partial charge in [-0.15, -0.1) is 10.2 Å². The number of aryl methyl sites for hydroxylation is 2. The molecule has 0 aliphatic carbocycles. The van der Waals surface area contributed by atoms with E-state index in [1.807, 2.05) is 93.6 Å². The Balaban J connectivity index is 1.38. The molecule has 9 heteroatoms. The van der Waals surface area contributed by atoms with E-state index >= 15 is 0 Å². The van der Waals surface area contributed by atoms with Crippen LogP contribution in [0.1, 0.15) is 30.5 Å². The van der Waals surface area contributed by atoms with Crippen molar-refractivity contribution in [3.63, 3.8) is 0 Å². The number of fused-ring (bicyclic) bond motifs is 1. The predicted molar refractivity (Wildman–Crippen MR) is 172 cm³/mol. The van der Waals surface area contributed by atoms with E-state index in [-0.39, 0.29) is 11.4 Å². The van der Waals surface area contributed by atoms with Crippen LogP contribution in [-0.4, -0.2) is 38.4 Å². The number of rotatable bonds is 12. The van der Waals surface area contributed by atoms with Crippen molar-refractivity contribution >= 4 is 32.3 Å². The summed E-state index contributed by atoms with van der Waals surface area (Å²) in [7, 11) is -3.80. The van der Waals surface area contributed by atoms with E-state index in [0.717, 1.165) is 22.0 Å². The lowest BCUT2D eigenvalue weighted by molar-refractivity contribution is 0.287. The van der Waals surface area contributed by atoms with Crippen molar-refractivity contribution in [3.05, 3.63) is 102 Å². The third-order valence-corrected chi connectivity index (χ3v) is 8.67. The molecule has 8 nitrogen and oxygen atoms in total. The van der Waals surface area contributed by atoms with E-state index in [9.17, 15) is 8.42 Å². The topological polar surface area (TPSA) is 102 Å². The molecule has 0 spiro atoms. The van der Waals surface area contributed by atoms with Crippen LogP contribution in [-0.2, 0) is 16.4 Å². The number of anilines is 2. The maximum Gasteiger partial charge on any atom is 0.240 e. The number of hydrogen-bond acceptors (Lipinski definition) is 7. The minimum Gasteiger partial charge on any atom is -0.490 e. The minimum absolute atomic E-state index is 0.208. The monoisotopic (exact) mass is 596 g/mol. The van der Waals surface area contributed by atoms with Gasteiger partial charge in [-0.05, 0) is 75.6 Å². The molecule has 5 rings (SSSR count). The lowest BCUT2D eigenvalue weighted by Gasteiger charge is -2.14. The quantitative estimate of drug-likeness (QED) is 0.160. The molecule has 1 heterocycles. The smallest absolute Gasteiger partial charge is 0.240 e. The molecule has 2 N–H and O–H groups in total. The zero-order valence-electron chi connectivity index (χ0n) is 24.8. The highest BCUT2D eigenvalue weighted by Crippen LogP contribution is 2.33. The van der Waals surface area contributed by atoms with Crippen LogP contribution < -0.4 is 19.5 Å². The van der Waals surface area contributed by atoms with Crippen molar-refractivity contribution in [3.8, 4) is 22.8 Å². The Labute approximate surface area is 253 Å². The lowest BCUT2D eigenvalue weighted by atomic mass is 10.0. The number of aromatic nitrogens is 2. The van der Waals surface area contributed by atoms with Crippen molar-refractivity contribution in [2.75, 3.05) is 25.1 Å². The highest BCUT2D eigenvalue weighted by atomic mass is 32.2. The fourth-order valence-corrected chi connectivity index (χ4v) is 6.18. The van der Waals surface area contributed by atoms with Crippen LogP contribution in [0.3, 0.4) is 0 Å². The molecule has 5 aromatic rings. The van der Waals surface area contributed by atoms with Crippen LogP contribution in [0.25, 0.3) is 22.0 Å². The molecule has 0 bridgehead atoms. The molecule has 0 radical (unpaired) electrons. The highest BCUT2D eigenvalue weighted by Gasteiger charge is 2.20. The van der Waals surface area contributed by atoms with E-state index in [1.165, 1.54) is 5.56 Å². The number of nitrogens with zero attached hydrogens (tertiary/aromatic N) is 2. The first-order chi connectivity index (χ1) is 20.8. The van der Waals surface area contributed by atoms with Crippen LogP contribution in [0, 0.1) is 13.8 Å². The maximum absolute atomic E-state index is 13.5. The fraction of sp³-hybridized carbons (Fsp3) is 0.235. The third-order valence-electron chi connectivity index (χ3n) is 7.07. The predicted octanol–water partition coefficient (Wildman–Crippen LogP) is 6.98. The molecule has 0 saturated heterocycles. The second kappa shape index (κ2) is 13.2. The van der Waals surface area contributed by atoms with Gasteiger partial charge in [0.05, 0.1) is 18.1 Å². The Morgan fingerprint density at radius 2 is 1.49 bits per heavy atom. The largest absolute Gasteiger partial charge is 0.490 e. The third kappa shape index (κ3) is 6.96. The molecular formula is C34H36N4O4S. The van der Waals surface area contributed by atoms with Gasteiger partial charge in [-0.25, -0.2) is 13.1 Å². The molecule has 43 heavy (non-hydrogen) atoms. The molecule has 0 aliphatic heterocycles. The van der Waals surface area contributed by atoms with E-state index in [2.05, 4.69) is 20.2 Å². The molecule has 1 aromatic heterocycles. The minimum atomic E-state index is -3.80. The van der Waals surface area contributed by atoms with Crippen molar-refractivity contribution in [2.24, 2.45) is 0 Å². The SMILES string of the molecule is CCOc1ccc(CCNS(=O)(=O)c2cc(-c3nnc(Nc4ccc(C)cc4)c4ccccc34)ccc2C)cc1OCC. The van der Waals surface area contributed by atoms with Crippen molar-refractivity contribution in [1.29, 1.82) is 0 Å². The zero-order chi connectivity index (χ0) is 30.4. The highest BCUT2D eigenvalue weighted by molar-refractivity contribution is 7.89. The van der Waals surface area contributed by atoms with Gasteiger partial charge in [-0.1, -0.05) is 60.2 Å². The summed E-state index contributed by atoms with van der Waals surface area (Å²) in [6, 6.07) is 26.9. The van der Waals surface area contributed by atoms with Crippen LogP contribution >= 0.6 is 0 Å². The number of sulfonamides is 1. The van der Waals surface area contributed by atoms with Gasteiger partial charge in [0.2, 0.25) is 10.0 Å². The summed E-state index contributed by atoms with van der Waals surface area (Å²) < 4.78 is 41.1. The summed E-state index contributed by atoms with van der Waals surface area (Å²) in [6.07, 6.45) is 0.496. The van der Waals surface area contributed by atoms with Crippen LogP contribution in [0.4, 0.5) is 11.5 Å². The van der Waals surface area contributed by atoms with Crippen molar-refractivity contribution < 1.29 is 17.9 Å². The average Bonchev–Trinajstić information content (AvgIpc) is 3.00.